The summed E-state index contributed by atoms with van der Waals surface area (Å²) >= 11 is 0. The highest BCUT2D eigenvalue weighted by molar-refractivity contribution is 5.85. The summed E-state index contributed by atoms with van der Waals surface area (Å²) in [6, 6.07) is 24.6. The minimum Gasteiger partial charge on any atom is -0.485 e. The summed E-state index contributed by atoms with van der Waals surface area (Å²) in [5.41, 5.74) is 2.85. The van der Waals surface area contributed by atoms with Crippen LogP contribution in [0.1, 0.15) is 29.7 Å². The molecule has 1 aliphatic heterocycles. The number of methoxy groups -OCH3 is 1. The van der Waals surface area contributed by atoms with E-state index >= 15 is 0 Å². The van der Waals surface area contributed by atoms with Gasteiger partial charge >= 0.3 is 5.97 Å². The van der Waals surface area contributed by atoms with E-state index in [0.29, 0.717) is 30.6 Å². The first kappa shape index (κ1) is 21.4. The number of nitrogens with zero attached hydrogens (tertiary/aromatic N) is 1. The van der Waals surface area contributed by atoms with Crippen LogP contribution in [0.2, 0.25) is 0 Å². The van der Waals surface area contributed by atoms with Crippen LogP contribution in [0.25, 0.3) is 0 Å². The van der Waals surface area contributed by atoms with Crippen LogP contribution in [0.15, 0.2) is 83.9 Å². The molecule has 0 aliphatic carbocycles. The first-order valence-electron chi connectivity index (χ1n) is 10.4. The van der Waals surface area contributed by atoms with Crippen LogP contribution in [-0.2, 0) is 27.5 Å². The molecule has 0 bridgehead atoms. The lowest BCUT2D eigenvalue weighted by molar-refractivity contribution is -0.143. The molecule has 0 amide bonds. The number of carbonyl (C=O) groups is 1. The van der Waals surface area contributed by atoms with Gasteiger partial charge in [0.15, 0.2) is 29.5 Å². The zero-order chi connectivity index (χ0) is 22.3. The molecule has 0 fully saturated rings. The SMILES string of the molecule is COC(=O)C1N=C(C)OC1c1ccc(OCc2ccccc2)c(OCc2ccccc2)c1. The third-order valence-corrected chi connectivity index (χ3v) is 5.12. The fraction of sp³-hybridized carbons (Fsp3) is 0.231. The predicted molar refractivity (Wildman–Crippen MR) is 121 cm³/mol. The third kappa shape index (κ3) is 5.09. The number of benzene rings is 3. The van der Waals surface area contributed by atoms with Gasteiger partial charge in [0.1, 0.15) is 13.2 Å². The lowest BCUT2D eigenvalue weighted by atomic mass is 10.0. The van der Waals surface area contributed by atoms with Crippen molar-refractivity contribution in [3.8, 4) is 11.5 Å². The minimum atomic E-state index is -0.752. The molecule has 6 heteroatoms. The second-order valence-electron chi connectivity index (χ2n) is 7.41. The van der Waals surface area contributed by atoms with Crippen molar-refractivity contribution in [2.75, 3.05) is 7.11 Å². The van der Waals surface area contributed by atoms with Crippen molar-refractivity contribution in [1.82, 2.24) is 0 Å². The van der Waals surface area contributed by atoms with Crippen molar-refractivity contribution in [3.05, 3.63) is 95.6 Å². The van der Waals surface area contributed by atoms with Crippen LogP contribution in [-0.4, -0.2) is 25.0 Å². The monoisotopic (exact) mass is 431 g/mol. The summed E-state index contributed by atoms with van der Waals surface area (Å²) in [7, 11) is 1.34. The van der Waals surface area contributed by atoms with E-state index < -0.39 is 18.1 Å². The zero-order valence-electron chi connectivity index (χ0n) is 18.1. The van der Waals surface area contributed by atoms with Crippen LogP contribution in [0, 0.1) is 0 Å². The Balaban J connectivity index is 1.59. The molecule has 2 unspecified atom stereocenters. The number of aliphatic imine (C=N–C) groups is 1. The van der Waals surface area contributed by atoms with Crippen molar-refractivity contribution >= 4 is 11.9 Å². The van der Waals surface area contributed by atoms with Gasteiger partial charge in [-0.1, -0.05) is 66.7 Å². The summed E-state index contributed by atoms with van der Waals surface area (Å²) < 4.78 is 22.9. The predicted octanol–water partition coefficient (Wildman–Crippen LogP) is 4.88. The van der Waals surface area contributed by atoms with Gasteiger partial charge in [0.25, 0.3) is 0 Å². The van der Waals surface area contributed by atoms with Gasteiger partial charge in [-0.15, -0.1) is 0 Å². The van der Waals surface area contributed by atoms with Crippen molar-refractivity contribution in [2.24, 2.45) is 4.99 Å². The van der Waals surface area contributed by atoms with Crippen molar-refractivity contribution < 1.29 is 23.7 Å². The van der Waals surface area contributed by atoms with Crippen LogP contribution in [0.5, 0.6) is 11.5 Å². The first-order valence-corrected chi connectivity index (χ1v) is 10.4. The van der Waals surface area contributed by atoms with Gasteiger partial charge in [0.2, 0.25) is 0 Å². The Labute approximate surface area is 187 Å². The number of carbonyl (C=O) groups excluding carboxylic acids is 1. The third-order valence-electron chi connectivity index (χ3n) is 5.12. The molecular weight excluding hydrogens is 406 g/mol. The van der Waals surface area contributed by atoms with Crippen LogP contribution < -0.4 is 9.47 Å². The summed E-state index contributed by atoms with van der Waals surface area (Å²) in [5, 5.41) is 0. The van der Waals surface area contributed by atoms with E-state index in [-0.39, 0.29) is 0 Å². The summed E-state index contributed by atoms with van der Waals surface area (Å²) in [6.45, 7) is 2.52. The molecule has 3 aromatic carbocycles. The number of hydrogen-bond acceptors (Lipinski definition) is 6. The van der Waals surface area contributed by atoms with Gasteiger partial charge in [0, 0.05) is 6.92 Å². The minimum absolute atomic E-state index is 0.382. The Kier molecular flexibility index (Phi) is 6.70. The lowest BCUT2D eigenvalue weighted by Crippen LogP contribution is -2.25. The van der Waals surface area contributed by atoms with E-state index in [1.807, 2.05) is 78.9 Å². The Morgan fingerprint density at radius 2 is 1.47 bits per heavy atom. The molecule has 2 atom stereocenters. The van der Waals surface area contributed by atoms with Gasteiger partial charge in [-0.05, 0) is 28.8 Å². The molecule has 4 rings (SSSR count). The van der Waals surface area contributed by atoms with E-state index in [9.17, 15) is 4.79 Å². The van der Waals surface area contributed by atoms with E-state index in [0.717, 1.165) is 16.7 Å². The Morgan fingerprint density at radius 3 is 2.06 bits per heavy atom. The van der Waals surface area contributed by atoms with Crippen LogP contribution >= 0.6 is 0 Å². The molecule has 0 spiro atoms. The molecule has 3 aromatic rings. The maximum Gasteiger partial charge on any atom is 0.335 e. The largest absolute Gasteiger partial charge is 0.485 e. The Morgan fingerprint density at radius 1 is 0.875 bits per heavy atom. The quantitative estimate of drug-likeness (QED) is 0.476. The maximum atomic E-state index is 12.2. The normalized spacial score (nSPS) is 17.2. The maximum absolute atomic E-state index is 12.2. The number of hydrogen-bond donors (Lipinski definition) is 0. The summed E-state index contributed by atoms with van der Waals surface area (Å²) in [4.78, 5) is 16.5. The molecule has 0 N–H and O–H groups in total. The smallest absolute Gasteiger partial charge is 0.335 e. The fourth-order valence-electron chi connectivity index (χ4n) is 3.49. The molecular formula is C26H25NO5. The highest BCUT2D eigenvalue weighted by Gasteiger charge is 2.37. The second-order valence-corrected chi connectivity index (χ2v) is 7.41. The van der Waals surface area contributed by atoms with E-state index in [2.05, 4.69) is 4.99 Å². The van der Waals surface area contributed by atoms with Crippen molar-refractivity contribution in [1.29, 1.82) is 0 Å². The van der Waals surface area contributed by atoms with Gasteiger partial charge < -0.3 is 18.9 Å². The second kappa shape index (κ2) is 10.0. The average molecular weight is 431 g/mol. The molecule has 6 nitrogen and oxygen atoms in total. The highest BCUT2D eigenvalue weighted by atomic mass is 16.5. The lowest BCUT2D eigenvalue weighted by Gasteiger charge is -2.19. The molecule has 0 saturated heterocycles. The Hall–Kier alpha value is -3.80. The highest BCUT2D eigenvalue weighted by Crippen LogP contribution is 2.36. The molecule has 0 radical (unpaired) electrons. The van der Waals surface area contributed by atoms with E-state index in [4.69, 9.17) is 18.9 Å². The van der Waals surface area contributed by atoms with Crippen molar-refractivity contribution in [3.63, 3.8) is 0 Å². The molecule has 164 valence electrons. The number of ether oxygens (including phenoxy) is 4. The standard InChI is InChI=1S/C26H25NO5/c1-18-27-24(26(28)29-2)25(32-18)21-13-14-22(30-16-19-9-5-3-6-10-19)23(15-21)31-17-20-11-7-4-8-12-20/h3-15,24-25H,16-17H2,1-2H3. The fourth-order valence-corrected chi connectivity index (χ4v) is 3.49. The summed E-state index contributed by atoms with van der Waals surface area (Å²) in [6.07, 6.45) is -0.579. The number of esters is 1. The zero-order valence-corrected chi connectivity index (χ0v) is 18.1. The Bertz CT molecular complexity index is 1080. The molecule has 1 heterocycles. The van der Waals surface area contributed by atoms with E-state index in [1.54, 1.807) is 6.92 Å². The van der Waals surface area contributed by atoms with Crippen LogP contribution in [0.4, 0.5) is 0 Å². The van der Waals surface area contributed by atoms with Crippen molar-refractivity contribution in [2.45, 2.75) is 32.3 Å². The molecule has 1 aliphatic rings. The van der Waals surface area contributed by atoms with Gasteiger partial charge in [0.05, 0.1) is 7.11 Å². The molecule has 32 heavy (non-hydrogen) atoms. The van der Waals surface area contributed by atoms with Gasteiger partial charge in [-0.2, -0.15) is 0 Å². The molecule has 0 saturated carbocycles. The first-order chi connectivity index (χ1) is 15.6. The number of rotatable bonds is 8. The average Bonchev–Trinajstić information content (AvgIpc) is 3.24. The molecule has 0 aromatic heterocycles. The topological polar surface area (TPSA) is 66.4 Å². The van der Waals surface area contributed by atoms with Gasteiger partial charge in [-0.3, -0.25) is 0 Å². The summed E-state index contributed by atoms with van der Waals surface area (Å²) in [5.74, 6) is 1.18. The van der Waals surface area contributed by atoms with E-state index in [1.165, 1.54) is 7.11 Å². The van der Waals surface area contributed by atoms with Gasteiger partial charge in [-0.25, -0.2) is 9.79 Å². The van der Waals surface area contributed by atoms with Crippen LogP contribution in [0.3, 0.4) is 0 Å².